The van der Waals surface area contributed by atoms with Crippen molar-refractivity contribution in [3.05, 3.63) is 35.9 Å². The lowest BCUT2D eigenvalue weighted by Gasteiger charge is -1.99. The summed E-state index contributed by atoms with van der Waals surface area (Å²) in [5.41, 5.74) is 1.08. The van der Waals surface area contributed by atoms with Crippen LogP contribution >= 0.6 is 0 Å². The Hall–Kier alpha value is -1.72. The molecule has 0 radical (unpaired) electrons. The first kappa shape index (κ1) is 11.4. The van der Waals surface area contributed by atoms with Crippen molar-refractivity contribution in [2.45, 2.75) is 6.42 Å². The van der Waals surface area contributed by atoms with E-state index in [0.717, 1.165) is 11.3 Å². The molecule has 1 rings (SSSR count). The van der Waals surface area contributed by atoms with E-state index < -0.39 is 0 Å². The Morgan fingerprint density at radius 1 is 1.40 bits per heavy atom. The predicted octanol–water partition coefficient (Wildman–Crippen LogP) is 2.09. The highest BCUT2D eigenvalue weighted by atomic mass is 16.5. The lowest BCUT2D eigenvalue weighted by Crippen LogP contribution is -1.82. The van der Waals surface area contributed by atoms with Crippen molar-refractivity contribution in [1.82, 2.24) is 0 Å². The zero-order valence-electron chi connectivity index (χ0n) is 8.73. The van der Waals surface area contributed by atoms with Gasteiger partial charge < -0.3 is 9.84 Å². The molecule has 1 aromatic rings. The lowest BCUT2D eigenvalue weighted by molar-refractivity contribution is 0.350. The van der Waals surface area contributed by atoms with Gasteiger partial charge in [-0.3, -0.25) is 0 Å². The largest absolute Gasteiger partial charge is 0.497 e. The van der Waals surface area contributed by atoms with Crippen LogP contribution in [0.5, 0.6) is 5.75 Å². The zero-order chi connectivity index (χ0) is 10.9. The van der Waals surface area contributed by atoms with E-state index in [-0.39, 0.29) is 6.61 Å². The summed E-state index contributed by atoms with van der Waals surface area (Å²) in [5.74, 6) is 6.25. The van der Waals surface area contributed by atoms with Gasteiger partial charge in [0.2, 0.25) is 0 Å². The number of rotatable bonds is 3. The fourth-order valence-electron chi connectivity index (χ4n) is 1.13. The molecule has 2 nitrogen and oxygen atoms in total. The fourth-order valence-corrected chi connectivity index (χ4v) is 1.13. The second kappa shape index (κ2) is 6.69. The molecule has 0 aliphatic heterocycles. The number of ether oxygens (including phenoxy) is 1. The van der Waals surface area contributed by atoms with Gasteiger partial charge in [-0.1, -0.05) is 36.1 Å². The maximum Gasteiger partial charge on any atom is 0.119 e. The maximum atomic E-state index is 8.44. The van der Waals surface area contributed by atoms with Gasteiger partial charge in [-0.15, -0.1) is 0 Å². The quantitative estimate of drug-likeness (QED) is 0.760. The van der Waals surface area contributed by atoms with Crippen LogP contribution in [0.25, 0.3) is 6.08 Å². The monoisotopic (exact) mass is 202 g/mol. The molecule has 0 unspecified atom stereocenters. The van der Waals surface area contributed by atoms with Crippen molar-refractivity contribution in [3.8, 4) is 17.6 Å². The Balaban J connectivity index is 2.56. The average molecular weight is 202 g/mol. The Morgan fingerprint density at radius 2 is 2.27 bits per heavy atom. The van der Waals surface area contributed by atoms with Crippen LogP contribution in [0.1, 0.15) is 12.0 Å². The molecule has 0 bridgehead atoms. The zero-order valence-corrected chi connectivity index (χ0v) is 8.73. The van der Waals surface area contributed by atoms with Crippen LogP contribution in [0.15, 0.2) is 30.3 Å². The summed E-state index contributed by atoms with van der Waals surface area (Å²) < 4.78 is 5.10. The minimum absolute atomic E-state index is 0.0764. The Kier molecular flexibility index (Phi) is 5.07. The number of hydrogen-bond donors (Lipinski definition) is 1. The second-order valence-electron chi connectivity index (χ2n) is 2.89. The second-order valence-corrected chi connectivity index (χ2v) is 2.89. The molecule has 0 aliphatic rings. The van der Waals surface area contributed by atoms with Gasteiger partial charge in [0.15, 0.2) is 0 Å². The Bertz CT molecular complexity index is 383. The molecule has 0 heterocycles. The molecule has 1 N–H and O–H groups in total. The SMILES string of the molecule is COc1cccc(/C=C/CC#CCO)c1. The smallest absolute Gasteiger partial charge is 0.119 e. The lowest BCUT2D eigenvalue weighted by atomic mass is 10.2. The van der Waals surface area contributed by atoms with Gasteiger partial charge in [-0.25, -0.2) is 0 Å². The van der Waals surface area contributed by atoms with Crippen molar-refractivity contribution in [2.24, 2.45) is 0 Å². The minimum Gasteiger partial charge on any atom is -0.497 e. The third-order valence-electron chi connectivity index (χ3n) is 1.83. The van der Waals surface area contributed by atoms with Crippen LogP contribution in [0, 0.1) is 11.8 Å². The van der Waals surface area contributed by atoms with Crippen molar-refractivity contribution >= 4 is 6.08 Å². The van der Waals surface area contributed by atoms with Gasteiger partial charge in [0, 0.05) is 6.42 Å². The van der Waals surface area contributed by atoms with Crippen molar-refractivity contribution in [3.63, 3.8) is 0 Å². The number of aliphatic hydroxyl groups is 1. The van der Waals surface area contributed by atoms with Crippen molar-refractivity contribution < 1.29 is 9.84 Å². The first-order valence-corrected chi connectivity index (χ1v) is 4.74. The highest BCUT2D eigenvalue weighted by molar-refractivity contribution is 5.52. The number of aliphatic hydroxyl groups excluding tert-OH is 1. The minimum atomic E-state index is -0.0764. The van der Waals surface area contributed by atoms with E-state index in [9.17, 15) is 0 Å². The van der Waals surface area contributed by atoms with Gasteiger partial charge in [0.1, 0.15) is 12.4 Å². The van der Waals surface area contributed by atoms with Crippen LogP contribution < -0.4 is 4.74 Å². The molecule has 0 saturated heterocycles. The number of hydrogen-bond acceptors (Lipinski definition) is 2. The van der Waals surface area contributed by atoms with Crippen LogP contribution in [-0.2, 0) is 0 Å². The van der Waals surface area contributed by atoms with E-state index in [4.69, 9.17) is 9.84 Å². The van der Waals surface area contributed by atoms with Crippen LogP contribution in [-0.4, -0.2) is 18.8 Å². The summed E-state index contributed by atoms with van der Waals surface area (Å²) in [5, 5.41) is 8.44. The highest BCUT2D eigenvalue weighted by Crippen LogP contribution is 2.13. The first-order chi connectivity index (χ1) is 7.36. The molecule has 78 valence electrons. The topological polar surface area (TPSA) is 29.5 Å². The molecule has 0 fully saturated rings. The number of benzene rings is 1. The number of methoxy groups -OCH3 is 1. The van der Waals surface area contributed by atoms with Crippen LogP contribution in [0.2, 0.25) is 0 Å². The average Bonchev–Trinajstić information content (AvgIpc) is 2.29. The fraction of sp³-hybridized carbons (Fsp3) is 0.231. The maximum absolute atomic E-state index is 8.44. The first-order valence-electron chi connectivity index (χ1n) is 4.74. The van der Waals surface area contributed by atoms with Gasteiger partial charge in [0.25, 0.3) is 0 Å². The van der Waals surface area contributed by atoms with Crippen LogP contribution in [0.4, 0.5) is 0 Å². The van der Waals surface area contributed by atoms with Crippen molar-refractivity contribution in [1.29, 1.82) is 0 Å². The van der Waals surface area contributed by atoms with Gasteiger partial charge in [0.05, 0.1) is 7.11 Å². The van der Waals surface area contributed by atoms with E-state index >= 15 is 0 Å². The van der Waals surface area contributed by atoms with E-state index in [1.165, 1.54) is 0 Å². The van der Waals surface area contributed by atoms with E-state index in [2.05, 4.69) is 11.8 Å². The van der Waals surface area contributed by atoms with Gasteiger partial charge >= 0.3 is 0 Å². The highest BCUT2D eigenvalue weighted by Gasteiger charge is 1.90. The summed E-state index contributed by atoms with van der Waals surface area (Å²) in [6.07, 6.45) is 4.59. The molecule has 0 amide bonds. The Morgan fingerprint density at radius 3 is 3.00 bits per heavy atom. The predicted molar refractivity (Wildman–Crippen MR) is 61.5 cm³/mol. The standard InChI is InChI=1S/C13H14O2/c1-15-13-9-6-8-12(11-13)7-4-2-3-5-10-14/h4,6-9,11,14H,2,10H2,1H3/b7-4+. The molecule has 0 atom stereocenters. The van der Waals surface area contributed by atoms with Gasteiger partial charge in [-0.05, 0) is 17.7 Å². The third kappa shape index (κ3) is 4.35. The van der Waals surface area contributed by atoms with E-state index in [0.29, 0.717) is 6.42 Å². The molecule has 15 heavy (non-hydrogen) atoms. The summed E-state index contributed by atoms with van der Waals surface area (Å²) in [7, 11) is 1.65. The molecule has 2 heteroatoms. The normalized spacial score (nSPS) is 9.73. The summed E-state index contributed by atoms with van der Waals surface area (Å²) >= 11 is 0. The molecular formula is C13H14O2. The molecule has 1 aromatic carbocycles. The molecule has 0 aromatic heterocycles. The molecule has 0 saturated carbocycles. The molecule has 0 spiro atoms. The molecular weight excluding hydrogens is 188 g/mol. The van der Waals surface area contributed by atoms with Crippen molar-refractivity contribution in [2.75, 3.05) is 13.7 Å². The van der Waals surface area contributed by atoms with E-state index in [1.807, 2.05) is 36.4 Å². The summed E-state index contributed by atoms with van der Waals surface area (Å²) in [6.45, 7) is -0.0764. The summed E-state index contributed by atoms with van der Waals surface area (Å²) in [6, 6.07) is 7.80. The van der Waals surface area contributed by atoms with Gasteiger partial charge in [-0.2, -0.15) is 0 Å². The van der Waals surface area contributed by atoms with E-state index in [1.54, 1.807) is 7.11 Å². The molecule has 0 aliphatic carbocycles. The van der Waals surface area contributed by atoms with Crippen LogP contribution in [0.3, 0.4) is 0 Å². The Labute approximate surface area is 90.2 Å². The number of allylic oxidation sites excluding steroid dienone is 1. The third-order valence-corrected chi connectivity index (χ3v) is 1.83. The summed E-state index contributed by atoms with van der Waals surface area (Å²) in [4.78, 5) is 0.